The number of esters is 1. The van der Waals surface area contributed by atoms with Gasteiger partial charge in [0.25, 0.3) is 0 Å². The maximum absolute atomic E-state index is 12.5. The molecule has 4 rings (SSSR count). The van der Waals surface area contributed by atoms with E-state index in [1.54, 1.807) is 11.3 Å². The first-order valence-electron chi connectivity index (χ1n) is 12.2. The van der Waals surface area contributed by atoms with Gasteiger partial charge in [0.05, 0.1) is 34.2 Å². The summed E-state index contributed by atoms with van der Waals surface area (Å²) in [5.41, 5.74) is 1.47. The normalized spacial score (nSPS) is 20.4. The van der Waals surface area contributed by atoms with Gasteiger partial charge >= 0.3 is 5.97 Å². The maximum Gasteiger partial charge on any atom is 0.324 e. The third kappa shape index (κ3) is 8.54. The van der Waals surface area contributed by atoms with Gasteiger partial charge in [0.15, 0.2) is 4.34 Å². The largest absolute Gasteiger partial charge is 0.459 e. The van der Waals surface area contributed by atoms with Crippen LogP contribution in [0.1, 0.15) is 36.9 Å². The van der Waals surface area contributed by atoms with Crippen LogP contribution in [-0.4, -0.2) is 71.5 Å². The summed E-state index contributed by atoms with van der Waals surface area (Å²) in [6.45, 7) is 9.49. The van der Waals surface area contributed by atoms with Crippen molar-refractivity contribution in [2.75, 3.05) is 32.0 Å². The van der Waals surface area contributed by atoms with E-state index in [-0.39, 0.29) is 23.7 Å². The Balaban J connectivity index is 1.19. The van der Waals surface area contributed by atoms with Crippen molar-refractivity contribution in [1.82, 2.24) is 20.5 Å². The minimum atomic E-state index is -0.526. The molecule has 0 spiro atoms. The van der Waals surface area contributed by atoms with Crippen molar-refractivity contribution in [2.24, 2.45) is 0 Å². The van der Waals surface area contributed by atoms with Crippen molar-refractivity contribution < 1.29 is 19.1 Å². The predicted molar refractivity (Wildman–Crippen MR) is 148 cm³/mol. The second-order valence-electron chi connectivity index (χ2n) is 10.1. The molecule has 0 saturated carbocycles. The molecule has 37 heavy (non-hydrogen) atoms. The molecular formula is C25H32Cl2N4O4S2. The topological polar surface area (TPSA) is 92.8 Å². The molecule has 2 atom stereocenters. The van der Waals surface area contributed by atoms with Crippen LogP contribution in [-0.2, 0) is 38.6 Å². The fourth-order valence-electron chi connectivity index (χ4n) is 4.09. The summed E-state index contributed by atoms with van der Waals surface area (Å²) in [5.74, 6) is -0.0528. The number of hydrogen-bond donors (Lipinski definition) is 2. The highest BCUT2D eigenvalue weighted by Crippen LogP contribution is 2.30. The number of ether oxygens (including phenoxy) is 2. The molecule has 1 amide bonds. The minimum absolute atomic E-state index is 0.0619. The van der Waals surface area contributed by atoms with E-state index in [0.717, 1.165) is 40.1 Å². The van der Waals surface area contributed by atoms with Gasteiger partial charge in [-0.25, -0.2) is 4.98 Å². The molecule has 2 aliphatic rings. The number of hydrogen-bond acceptors (Lipinski definition) is 9. The molecule has 0 bridgehead atoms. The SMILES string of the molecule is CC(C)(C)OC(=O)C1Cc2nc(SCC(=O)NC[C@H]3CN(Cc4ccc(Cl)c(Cl)c4)CCO3)sc2CN1. The number of halogens is 2. The van der Waals surface area contributed by atoms with E-state index in [0.29, 0.717) is 36.2 Å². The second-order valence-corrected chi connectivity index (χ2v) is 13.2. The standard InChI is InChI=1S/C25H32Cl2N4O4S2/c1-25(2,3)35-23(33)20-9-19-21(11-28-20)37-24(30-19)36-14-22(32)29-10-16-13-31(6-7-34-16)12-15-4-5-17(26)18(27)8-15/h4-5,8,16,20,28H,6-7,9-14H2,1-3H3,(H,29,32)/t16-,20?/m0/s1. The first-order chi connectivity index (χ1) is 17.6. The zero-order chi connectivity index (χ0) is 26.6. The van der Waals surface area contributed by atoms with Crippen LogP contribution in [0.5, 0.6) is 0 Å². The lowest BCUT2D eigenvalue weighted by Crippen LogP contribution is -2.47. The van der Waals surface area contributed by atoms with Crippen molar-refractivity contribution in [2.45, 2.75) is 62.4 Å². The van der Waals surface area contributed by atoms with Crippen LogP contribution in [0.15, 0.2) is 22.5 Å². The van der Waals surface area contributed by atoms with Gasteiger partial charge < -0.3 is 14.8 Å². The number of morpholine rings is 1. The van der Waals surface area contributed by atoms with Crippen LogP contribution in [0.3, 0.4) is 0 Å². The maximum atomic E-state index is 12.5. The number of nitrogens with zero attached hydrogens (tertiary/aromatic N) is 2. The lowest BCUT2D eigenvalue weighted by molar-refractivity contribution is -0.157. The van der Waals surface area contributed by atoms with Crippen LogP contribution in [0, 0.1) is 0 Å². The summed E-state index contributed by atoms with van der Waals surface area (Å²) in [4.78, 5) is 32.9. The van der Waals surface area contributed by atoms with E-state index in [1.807, 2.05) is 39.0 Å². The number of fused-ring (bicyclic) bond motifs is 1. The average molecular weight is 588 g/mol. The van der Waals surface area contributed by atoms with Crippen molar-refractivity contribution in [3.05, 3.63) is 44.4 Å². The number of thioether (sulfide) groups is 1. The number of rotatable bonds is 8. The minimum Gasteiger partial charge on any atom is -0.459 e. The highest BCUT2D eigenvalue weighted by atomic mass is 35.5. The number of benzene rings is 1. The molecule has 0 aliphatic carbocycles. The molecular weight excluding hydrogens is 555 g/mol. The van der Waals surface area contributed by atoms with Gasteiger partial charge in [-0.05, 0) is 38.5 Å². The number of thiazole rings is 1. The summed E-state index contributed by atoms with van der Waals surface area (Å²) < 4.78 is 12.2. The Morgan fingerprint density at radius 3 is 2.89 bits per heavy atom. The number of amides is 1. The van der Waals surface area contributed by atoms with E-state index >= 15 is 0 Å². The molecule has 12 heteroatoms. The zero-order valence-electron chi connectivity index (χ0n) is 21.1. The van der Waals surface area contributed by atoms with Crippen LogP contribution in [0.4, 0.5) is 0 Å². The van der Waals surface area contributed by atoms with Gasteiger partial charge in [0.1, 0.15) is 11.6 Å². The smallest absolute Gasteiger partial charge is 0.324 e. The summed E-state index contributed by atoms with van der Waals surface area (Å²) in [6.07, 6.45) is 0.416. The van der Waals surface area contributed by atoms with E-state index < -0.39 is 11.6 Å². The predicted octanol–water partition coefficient (Wildman–Crippen LogP) is 3.92. The Morgan fingerprint density at radius 1 is 1.32 bits per heavy atom. The molecule has 1 saturated heterocycles. The molecule has 1 unspecified atom stereocenters. The van der Waals surface area contributed by atoms with Crippen molar-refractivity contribution in [3.8, 4) is 0 Å². The van der Waals surface area contributed by atoms with Crippen molar-refractivity contribution in [3.63, 3.8) is 0 Å². The fourth-order valence-corrected chi connectivity index (χ4v) is 6.42. The monoisotopic (exact) mass is 586 g/mol. The molecule has 3 heterocycles. The summed E-state index contributed by atoms with van der Waals surface area (Å²) in [5, 5.41) is 7.31. The quantitative estimate of drug-likeness (QED) is 0.355. The molecule has 2 N–H and O–H groups in total. The molecule has 1 fully saturated rings. The van der Waals surface area contributed by atoms with Gasteiger partial charge in [-0.2, -0.15) is 0 Å². The molecule has 202 valence electrons. The lowest BCUT2D eigenvalue weighted by Gasteiger charge is -2.33. The highest BCUT2D eigenvalue weighted by molar-refractivity contribution is 8.01. The first-order valence-corrected chi connectivity index (χ1v) is 14.7. The van der Waals surface area contributed by atoms with Gasteiger partial charge in [-0.1, -0.05) is 41.0 Å². The zero-order valence-corrected chi connectivity index (χ0v) is 24.3. The third-order valence-electron chi connectivity index (χ3n) is 5.82. The van der Waals surface area contributed by atoms with Crippen LogP contribution in [0.25, 0.3) is 0 Å². The van der Waals surface area contributed by atoms with Crippen LogP contribution in [0.2, 0.25) is 10.0 Å². The number of nitrogens with one attached hydrogen (secondary N) is 2. The molecule has 2 aromatic rings. The lowest BCUT2D eigenvalue weighted by atomic mass is 10.1. The fraction of sp³-hybridized carbons (Fsp3) is 0.560. The van der Waals surface area contributed by atoms with Gasteiger partial charge in [0, 0.05) is 44.0 Å². The van der Waals surface area contributed by atoms with E-state index in [2.05, 4.69) is 20.5 Å². The number of carbonyl (C=O) groups excluding carboxylic acids is 2. The molecule has 1 aromatic heterocycles. The van der Waals surface area contributed by atoms with Crippen LogP contribution >= 0.6 is 46.3 Å². The summed E-state index contributed by atoms with van der Waals surface area (Å²) in [7, 11) is 0. The first kappa shape index (κ1) is 28.6. The Labute approximate surface area is 235 Å². The number of carbonyl (C=O) groups is 2. The van der Waals surface area contributed by atoms with Gasteiger partial charge in [-0.15, -0.1) is 11.3 Å². The second kappa shape index (κ2) is 12.6. The molecule has 0 radical (unpaired) electrons. The molecule has 1 aromatic carbocycles. The number of aromatic nitrogens is 1. The summed E-state index contributed by atoms with van der Waals surface area (Å²) >= 11 is 15.1. The average Bonchev–Trinajstić information content (AvgIpc) is 3.25. The van der Waals surface area contributed by atoms with Crippen LogP contribution < -0.4 is 10.6 Å². The van der Waals surface area contributed by atoms with E-state index in [1.165, 1.54) is 11.8 Å². The van der Waals surface area contributed by atoms with E-state index in [4.69, 9.17) is 32.7 Å². The Morgan fingerprint density at radius 2 is 2.14 bits per heavy atom. The molecule has 8 nitrogen and oxygen atoms in total. The highest BCUT2D eigenvalue weighted by Gasteiger charge is 2.31. The van der Waals surface area contributed by atoms with Crippen molar-refractivity contribution >= 4 is 58.2 Å². The van der Waals surface area contributed by atoms with Gasteiger partial charge in [0.2, 0.25) is 5.91 Å². The molecule has 2 aliphatic heterocycles. The van der Waals surface area contributed by atoms with Gasteiger partial charge in [-0.3, -0.25) is 19.8 Å². The van der Waals surface area contributed by atoms with E-state index in [9.17, 15) is 9.59 Å². The summed E-state index contributed by atoms with van der Waals surface area (Å²) in [6, 6.07) is 5.27. The Kier molecular flexibility index (Phi) is 9.77. The Hall–Kier alpha value is -1.40. The third-order valence-corrected chi connectivity index (χ3v) is 8.80. The van der Waals surface area contributed by atoms with Crippen molar-refractivity contribution in [1.29, 1.82) is 0 Å². The Bertz CT molecular complexity index is 1120.